The van der Waals surface area contributed by atoms with Crippen molar-refractivity contribution in [3.63, 3.8) is 0 Å². The number of hydrogen-bond acceptors (Lipinski definition) is 0. The fraction of sp³-hybridized carbons (Fsp3) is 0.300. The molecule has 0 heterocycles. The molecule has 1 aromatic carbocycles. The van der Waals surface area contributed by atoms with E-state index in [1.165, 1.54) is 5.56 Å². The average Bonchev–Trinajstić information content (AvgIpc) is 1.96. The van der Waals surface area contributed by atoms with Gasteiger partial charge >= 0.3 is 0 Å². The summed E-state index contributed by atoms with van der Waals surface area (Å²) in [5.74, 6) is 0.550. The van der Waals surface area contributed by atoms with Crippen molar-refractivity contribution in [2.75, 3.05) is 0 Å². The normalized spacial score (nSPS) is 10.9. The standard InChI is InChI=1S/C10H10Br3/c1-6(2)3-8-9(12)4-7(11)5-10(8)13/h3-6H,1-2H3. The van der Waals surface area contributed by atoms with Crippen LogP contribution < -0.4 is 0 Å². The summed E-state index contributed by atoms with van der Waals surface area (Å²) in [6.07, 6.45) is 2.22. The minimum atomic E-state index is 0.550. The van der Waals surface area contributed by atoms with Crippen LogP contribution in [-0.4, -0.2) is 0 Å². The molecule has 0 aliphatic carbocycles. The molecule has 0 saturated carbocycles. The fourth-order valence-corrected chi connectivity index (χ4v) is 3.57. The van der Waals surface area contributed by atoms with E-state index in [-0.39, 0.29) is 0 Å². The van der Waals surface area contributed by atoms with E-state index in [9.17, 15) is 0 Å². The molecule has 1 aromatic rings. The van der Waals surface area contributed by atoms with Gasteiger partial charge in [0.05, 0.1) is 0 Å². The number of rotatable bonds is 2. The Morgan fingerprint density at radius 3 is 1.92 bits per heavy atom. The maximum absolute atomic E-state index is 3.54. The highest BCUT2D eigenvalue weighted by molar-refractivity contribution is 9.11. The summed E-state index contributed by atoms with van der Waals surface area (Å²) in [6, 6.07) is 4.11. The lowest BCUT2D eigenvalue weighted by Gasteiger charge is -2.09. The maximum atomic E-state index is 3.54. The smallest absolute Gasteiger partial charge is 0.0232 e. The second-order valence-corrected chi connectivity index (χ2v) is 5.82. The van der Waals surface area contributed by atoms with E-state index in [0.29, 0.717) is 5.92 Å². The highest BCUT2D eigenvalue weighted by atomic mass is 79.9. The van der Waals surface area contributed by atoms with Crippen LogP contribution in [0.15, 0.2) is 25.6 Å². The highest BCUT2D eigenvalue weighted by Gasteiger charge is 2.08. The summed E-state index contributed by atoms with van der Waals surface area (Å²) in [7, 11) is 0. The molecule has 0 aliphatic heterocycles. The predicted molar refractivity (Wildman–Crippen MR) is 67.8 cm³/mol. The molecule has 0 aromatic heterocycles. The van der Waals surface area contributed by atoms with Gasteiger partial charge in [-0.25, -0.2) is 0 Å². The first-order chi connectivity index (χ1) is 6.00. The van der Waals surface area contributed by atoms with Crippen molar-refractivity contribution in [2.45, 2.75) is 13.8 Å². The third kappa shape index (κ3) is 3.37. The van der Waals surface area contributed by atoms with Crippen LogP contribution in [0.1, 0.15) is 19.4 Å². The monoisotopic (exact) mass is 367 g/mol. The van der Waals surface area contributed by atoms with Crippen molar-refractivity contribution >= 4 is 47.8 Å². The van der Waals surface area contributed by atoms with Crippen LogP contribution in [0.5, 0.6) is 0 Å². The lowest BCUT2D eigenvalue weighted by molar-refractivity contribution is 0.774. The minimum Gasteiger partial charge on any atom is -0.0622 e. The molecule has 71 valence electrons. The highest BCUT2D eigenvalue weighted by Crippen LogP contribution is 2.32. The van der Waals surface area contributed by atoms with Gasteiger partial charge in [0.15, 0.2) is 0 Å². The predicted octanol–water partition coefficient (Wildman–Crippen LogP) is 5.18. The zero-order chi connectivity index (χ0) is 10.0. The zero-order valence-electron chi connectivity index (χ0n) is 7.44. The van der Waals surface area contributed by atoms with E-state index in [0.717, 1.165) is 13.4 Å². The molecule has 0 nitrogen and oxygen atoms in total. The van der Waals surface area contributed by atoms with Gasteiger partial charge in [0.1, 0.15) is 0 Å². The van der Waals surface area contributed by atoms with Gasteiger partial charge in [-0.3, -0.25) is 0 Å². The van der Waals surface area contributed by atoms with Crippen LogP contribution in [0.2, 0.25) is 0 Å². The number of hydrogen-bond donors (Lipinski definition) is 0. The molecule has 0 unspecified atom stereocenters. The van der Waals surface area contributed by atoms with E-state index in [4.69, 9.17) is 0 Å². The van der Waals surface area contributed by atoms with Crippen LogP contribution in [0, 0.1) is 12.3 Å². The molecule has 0 bridgehead atoms. The lowest BCUT2D eigenvalue weighted by atomic mass is 10.0. The largest absolute Gasteiger partial charge is 0.0622 e. The van der Waals surface area contributed by atoms with E-state index in [1.54, 1.807) is 0 Å². The van der Waals surface area contributed by atoms with E-state index in [2.05, 4.69) is 80.2 Å². The number of benzene rings is 1. The summed E-state index contributed by atoms with van der Waals surface area (Å²) in [5.41, 5.74) is 1.22. The van der Waals surface area contributed by atoms with Crippen molar-refractivity contribution in [1.29, 1.82) is 0 Å². The molecule has 0 atom stereocenters. The Kier molecular flexibility index (Phi) is 4.46. The van der Waals surface area contributed by atoms with Crippen LogP contribution in [0.3, 0.4) is 0 Å². The molecule has 0 saturated heterocycles. The summed E-state index contributed by atoms with van der Waals surface area (Å²) >= 11 is 10.5. The van der Waals surface area contributed by atoms with Gasteiger partial charge in [-0.05, 0) is 30.0 Å². The quantitative estimate of drug-likeness (QED) is 0.673. The Bertz CT molecular complexity index is 282. The van der Waals surface area contributed by atoms with E-state index in [1.807, 2.05) is 0 Å². The molecule has 1 rings (SSSR count). The molecule has 0 N–H and O–H groups in total. The first-order valence-electron chi connectivity index (χ1n) is 4.00. The van der Waals surface area contributed by atoms with Gasteiger partial charge in [-0.1, -0.05) is 61.6 Å². The van der Waals surface area contributed by atoms with Gasteiger partial charge in [0.25, 0.3) is 0 Å². The van der Waals surface area contributed by atoms with Crippen molar-refractivity contribution in [1.82, 2.24) is 0 Å². The Balaban J connectivity index is 3.06. The van der Waals surface area contributed by atoms with Gasteiger partial charge in [0.2, 0.25) is 0 Å². The topological polar surface area (TPSA) is 0 Å². The van der Waals surface area contributed by atoms with Gasteiger partial charge in [-0.15, -0.1) is 0 Å². The summed E-state index contributed by atoms with van der Waals surface area (Å²) in [5, 5.41) is 0. The number of halogens is 3. The van der Waals surface area contributed by atoms with Gasteiger partial charge in [-0.2, -0.15) is 0 Å². The summed E-state index contributed by atoms with van der Waals surface area (Å²) < 4.78 is 3.30. The molecule has 0 aliphatic rings. The first kappa shape index (κ1) is 11.7. The van der Waals surface area contributed by atoms with Crippen LogP contribution >= 0.6 is 47.8 Å². The van der Waals surface area contributed by atoms with Crippen molar-refractivity contribution < 1.29 is 0 Å². The molecular formula is C10H10Br3. The molecule has 0 fully saturated rings. The molecular weight excluding hydrogens is 360 g/mol. The third-order valence-corrected chi connectivity index (χ3v) is 3.31. The third-order valence-electron chi connectivity index (χ3n) is 1.54. The van der Waals surface area contributed by atoms with Gasteiger partial charge < -0.3 is 0 Å². The van der Waals surface area contributed by atoms with Crippen LogP contribution in [0.4, 0.5) is 0 Å². The summed E-state index contributed by atoms with van der Waals surface area (Å²) in [6.45, 7) is 4.34. The van der Waals surface area contributed by atoms with Crippen molar-refractivity contribution in [2.24, 2.45) is 5.92 Å². The van der Waals surface area contributed by atoms with Crippen LogP contribution in [-0.2, 0) is 0 Å². The van der Waals surface area contributed by atoms with Crippen LogP contribution in [0.25, 0.3) is 0 Å². The minimum absolute atomic E-state index is 0.550. The average molecular weight is 370 g/mol. The first-order valence-corrected chi connectivity index (χ1v) is 6.38. The summed E-state index contributed by atoms with van der Waals surface area (Å²) in [4.78, 5) is 0. The molecule has 0 spiro atoms. The maximum Gasteiger partial charge on any atom is 0.0232 e. The second-order valence-electron chi connectivity index (χ2n) is 3.19. The molecule has 1 radical (unpaired) electrons. The Hall–Kier alpha value is 0.660. The van der Waals surface area contributed by atoms with E-state index < -0.39 is 0 Å². The second kappa shape index (κ2) is 4.94. The Morgan fingerprint density at radius 1 is 1.08 bits per heavy atom. The zero-order valence-corrected chi connectivity index (χ0v) is 12.2. The SMILES string of the molecule is CC(C)[CH]c1c(Br)cc(Br)cc1Br. The lowest BCUT2D eigenvalue weighted by Crippen LogP contribution is -1.93. The Labute approximate surface area is 104 Å². The molecule has 0 amide bonds. The molecule has 13 heavy (non-hydrogen) atoms. The van der Waals surface area contributed by atoms with Crippen molar-refractivity contribution in [3.8, 4) is 0 Å². The van der Waals surface area contributed by atoms with E-state index >= 15 is 0 Å². The van der Waals surface area contributed by atoms with Gasteiger partial charge in [0, 0.05) is 13.4 Å². The Morgan fingerprint density at radius 2 is 1.54 bits per heavy atom. The fourth-order valence-electron chi connectivity index (χ4n) is 1.05. The molecule has 3 heteroatoms. The van der Waals surface area contributed by atoms with Crippen molar-refractivity contribution in [3.05, 3.63) is 37.5 Å².